The van der Waals surface area contributed by atoms with Crippen LogP contribution < -0.4 is 5.32 Å². The van der Waals surface area contributed by atoms with Gasteiger partial charge in [0, 0.05) is 32.1 Å². The molecule has 31 heavy (non-hydrogen) atoms. The minimum atomic E-state index is -4.68. The van der Waals surface area contributed by atoms with Gasteiger partial charge in [-0.25, -0.2) is 8.42 Å². The molecule has 0 bridgehead atoms. The molecule has 1 N–H and O–H groups in total. The van der Waals surface area contributed by atoms with E-state index in [1.165, 1.54) is 0 Å². The quantitative estimate of drug-likeness (QED) is 0.644. The highest BCUT2D eigenvalue weighted by atomic mass is 35.5. The molecule has 6 nitrogen and oxygen atoms in total. The van der Waals surface area contributed by atoms with Crippen LogP contribution in [-0.2, 0) is 21.0 Å². The molecular weight excluding hydrogens is 455 g/mol. The predicted octanol–water partition coefficient (Wildman–Crippen LogP) is 3.46. The molecule has 1 aromatic rings. The van der Waals surface area contributed by atoms with Crippen LogP contribution in [0.1, 0.15) is 32.3 Å². The Morgan fingerprint density at radius 2 is 1.81 bits per heavy atom. The molecule has 2 rings (SSSR count). The molecule has 176 valence electrons. The number of piperidine rings is 1. The molecule has 0 unspecified atom stereocenters. The van der Waals surface area contributed by atoms with Crippen LogP contribution in [0.5, 0.6) is 0 Å². The number of sulfonamides is 1. The Morgan fingerprint density at radius 3 is 2.32 bits per heavy atom. The summed E-state index contributed by atoms with van der Waals surface area (Å²) in [5.41, 5.74) is -1.20. The Bertz CT molecular complexity index is 897. The molecule has 1 aliphatic rings. The molecule has 0 aromatic heterocycles. The lowest BCUT2D eigenvalue weighted by Crippen LogP contribution is -2.46. The van der Waals surface area contributed by atoms with E-state index in [9.17, 15) is 26.4 Å². The summed E-state index contributed by atoms with van der Waals surface area (Å²) >= 11 is 5.91. The van der Waals surface area contributed by atoms with Crippen molar-refractivity contribution in [1.29, 1.82) is 0 Å². The average molecular weight is 484 g/mol. The molecule has 1 fully saturated rings. The van der Waals surface area contributed by atoms with Crippen LogP contribution in [-0.4, -0.2) is 63.8 Å². The average Bonchev–Trinajstić information content (AvgIpc) is 2.64. The highest BCUT2D eigenvalue weighted by molar-refractivity contribution is 7.89. The van der Waals surface area contributed by atoms with E-state index in [0.717, 1.165) is 23.0 Å². The Hall–Kier alpha value is -1.36. The van der Waals surface area contributed by atoms with Gasteiger partial charge in [0.25, 0.3) is 0 Å². The van der Waals surface area contributed by atoms with Gasteiger partial charge >= 0.3 is 6.18 Å². The number of amides is 1. The van der Waals surface area contributed by atoms with Gasteiger partial charge in [-0.3, -0.25) is 4.79 Å². The first-order valence-corrected chi connectivity index (χ1v) is 11.7. The van der Waals surface area contributed by atoms with Crippen LogP contribution in [0, 0.1) is 11.3 Å². The van der Waals surface area contributed by atoms with Crippen molar-refractivity contribution in [3.05, 3.63) is 28.8 Å². The molecule has 1 aromatic carbocycles. The predicted molar refractivity (Wildman–Crippen MR) is 113 cm³/mol. The van der Waals surface area contributed by atoms with Gasteiger partial charge in [0.2, 0.25) is 15.9 Å². The van der Waals surface area contributed by atoms with E-state index in [0.29, 0.717) is 12.6 Å². The molecule has 1 saturated heterocycles. The molecule has 1 heterocycles. The number of benzene rings is 1. The molecule has 0 spiro atoms. The SMILES string of the molecule is CN(C)CC(C)(C)CNC(=O)C1CCN(S(=O)(=O)c2cc(C(F)(F)F)ccc2Cl)CC1. The number of halogens is 4. The lowest BCUT2D eigenvalue weighted by Gasteiger charge is -2.32. The topological polar surface area (TPSA) is 69.7 Å². The normalized spacial score (nSPS) is 17.2. The second-order valence-electron chi connectivity index (χ2n) is 8.94. The highest BCUT2D eigenvalue weighted by Crippen LogP contribution is 2.35. The number of nitrogens with one attached hydrogen (secondary N) is 1. The van der Waals surface area contributed by atoms with Crippen molar-refractivity contribution in [3.8, 4) is 0 Å². The fourth-order valence-corrected chi connectivity index (χ4v) is 5.73. The van der Waals surface area contributed by atoms with Crippen LogP contribution in [0.2, 0.25) is 5.02 Å². The lowest BCUT2D eigenvalue weighted by atomic mass is 9.91. The van der Waals surface area contributed by atoms with Crippen molar-refractivity contribution in [2.75, 3.05) is 40.3 Å². The number of hydrogen-bond acceptors (Lipinski definition) is 4. The molecule has 1 aliphatic heterocycles. The van der Waals surface area contributed by atoms with E-state index in [2.05, 4.69) is 5.32 Å². The summed E-state index contributed by atoms with van der Waals surface area (Å²) < 4.78 is 65.9. The third-order valence-electron chi connectivity index (χ3n) is 5.19. The van der Waals surface area contributed by atoms with Gasteiger partial charge in [-0.05, 0) is 50.6 Å². The number of nitrogens with zero attached hydrogens (tertiary/aromatic N) is 2. The van der Waals surface area contributed by atoms with E-state index in [1.807, 2.05) is 32.8 Å². The maximum atomic E-state index is 13.0. The lowest BCUT2D eigenvalue weighted by molar-refractivity contribution is -0.137. The van der Waals surface area contributed by atoms with Crippen molar-refractivity contribution in [3.63, 3.8) is 0 Å². The van der Waals surface area contributed by atoms with Crippen LogP contribution in [0.4, 0.5) is 13.2 Å². The summed E-state index contributed by atoms with van der Waals surface area (Å²) in [6.45, 7) is 5.44. The van der Waals surface area contributed by atoms with Crippen LogP contribution in [0.15, 0.2) is 23.1 Å². The molecule has 1 amide bonds. The van der Waals surface area contributed by atoms with Gasteiger partial charge in [-0.1, -0.05) is 25.4 Å². The van der Waals surface area contributed by atoms with E-state index < -0.39 is 26.7 Å². The van der Waals surface area contributed by atoms with Crippen molar-refractivity contribution < 1.29 is 26.4 Å². The monoisotopic (exact) mass is 483 g/mol. The van der Waals surface area contributed by atoms with Gasteiger partial charge in [0.15, 0.2) is 0 Å². The van der Waals surface area contributed by atoms with E-state index in [-0.39, 0.29) is 48.2 Å². The van der Waals surface area contributed by atoms with E-state index in [4.69, 9.17) is 11.6 Å². The summed E-state index contributed by atoms with van der Waals surface area (Å²) in [4.78, 5) is 14.0. The van der Waals surface area contributed by atoms with Crippen molar-refractivity contribution >= 4 is 27.5 Å². The summed E-state index contributed by atoms with van der Waals surface area (Å²) in [5.74, 6) is -0.487. The number of carbonyl (C=O) groups excluding carboxylic acids is 1. The third-order valence-corrected chi connectivity index (χ3v) is 7.57. The second-order valence-corrected chi connectivity index (χ2v) is 11.3. The Balaban J connectivity index is 2.03. The number of carbonyl (C=O) groups is 1. The first-order valence-electron chi connectivity index (χ1n) is 9.93. The van der Waals surface area contributed by atoms with Crippen molar-refractivity contribution in [2.45, 2.75) is 37.8 Å². The Kier molecular flexibility index (Phi) is 8.05. The molecule has 0 atom stereocenters. The number of alkyl halides is 3. The first kappa shape index (κ1) is 25.9. The minimum Gasteiger partial charge on any atom is -0.355 e. The van der Waals surface area contributed by atoms with E-state index >= 15 is 0 Å². The maximum Gasteiger partial charge on any atom is 0.416 e. The Morgan fingerprint density at radius 1 is 1.23 bits per heavy atom. The summed E-state index contributed by atoms with van der Waals surface area (Å²) in [6.07, 6.45) is -4.11. The van der Waals surface area contributed by atoms with Crippen molar-refractivity contribution in [2.24, 2.45) is 11.3 Å². The van der Waals surface area contributed by atoms with Gasteiger partial charge < -0.3 is 10.2 Å². The van der Waals surface area contributed by atoms with Gasteiger partial charge in [0.1, 0.15) is 4.90 Å². The fraction of sp³-hybridized carbons (Fsp3) is 0.650. The summed E-state index contributed by atoms with van der Waals surface area (Å²) in [7, 11) is -0.300. The largest absolute Gasteiger partial charge is 0.416 e. The third kappa shape index (κ3) is 6.81. The molecule has 0 saturated carbocycles. The zero-order chi connectivity index (χ0) is 23.6. The van der Waals surface area contributed by atoms with Gasteiger partial charge in [-0.15, -0.1) is 0 Å². The van der Waals surface area contributed by atoms with E-state index in [1.54, 1.807) is 0 Å². The number of rotatable bonds is 7. The smallest absolute Gasteiger partial charge is 0.355 e. The first-order chi connectivity index (χ1) is 14.1. The minimum absolute atomic E-state index is 0.0358. The zero-order valence-corrected chi connectivity index (χ0v) is 19.7. The molecule has 11 heteroatoms. The Labute approximate surface area is 186 Å². The molecular formula is C20H29ClF3N3O3S. The summed E-state index contributed by atoms with van der Waals surface area (Å²) in [6, 6.07) is 2.24. The maximum absolute atomic E-state index is 13.0. The van der Waals surface area contributed by atoms with Crippen molar-refractivity contribution in [1.82, 2.24) is 14.5 Å². The van der Waals surface area contributed by atoms with Gasteiger partial charge in [0.05, 0.1) is 10.6 Å². The second kappa shape index (κ2) is 9.64. The van der Waals surface area contributed by atoms with Crippen LogP contribution in [0.3, 0.4) is 0 Å². The van der Waals surface area contributed by atoms with Crippen LogP contribution >= 0.6 is 11.6 Å². The standard InChI is InChI=1S/C20H29ClF3N3O3S/c1-19(2,13-26(3)4)12-25-18(28)14-7-9-27(10-8-14)31(29,30)17-11-15(20(22,23)24)5-6-16(17)21/h5-6,11,14H,7-10,12-13H2,1-4H3,(H,25,28). The summed E-state index contributed by atoms with van der Waals surface area (Å²) in [5, 5.41) is 2.67. The molecule has 0 aliphatic carbocycles. The fourth-order valence-electron chi connectivity index (χ4n) is 3.76. The molecule has 0 radical (unpaired) electrons. The van der Waals surface area contributed by atoms with Crippen LogP contribution in [0.25, 0.3) is 0 Å². The zero-order valence-electron chi connectivity index (χ0n) is 18.1. The number of hydrogen-bond donors (Lipinski definition) is 1. The van der Waals surface area contributed by atoms with Gasteiger partial charge in [-0.2, -0.15) is 17.5 Å². The highest BCUT2D eigenvalue weighted by Gasteiger charge is 2.36.